The summed E-state index contributed by atoms with van der Waals surface area (Å²) in [5.41, 5.74) is 5.30. The van der Waals surface area contributed by atoms with E-state index in [-0.39, 0.29) is 11.0 Å². The largest absolute Gasteiger partial charge is 0.411 e. The molecule has 0 fully saturated rings. The van der Waals surface area contributed by atoms with Crippen molar-refractivity contribution >= 4 is 23.1 Å². The van der Waals surface area contributed by atoms with Crippen LogP contribution >= 0.6 is 12.2 Å². The second-order valence-electron chi connectivity index (χ2n) is 3.63. The van der Waals surface area contributed by atoms with Gasteiger partial charge < -0.3 is 15.4 Å². The highest BCUT2D eigenvalue weighted by molar-refractivity contribution is 7.80. The van der Waals surface area contributed by atoms with Crippen LogP contribution in [-0.2, 0) is 9.53 Å². The molecule has 0 heterocycles. The number of halogens is 3. The maximum atomic E-state index is 11.8. The monoisotopic (exact) mass is 272 g/mol. The van der Waals surface area contributed by atoms with E-state index in [1.807, 2.05) is 0 Å². The third-order valence-electron chi connectivity index (χ3n) is 2.04. The van der Waals surface area contributed by atoms with E-state index in [0.29, 0.717) is 6.42 Å². The summed E-state index contributed by atoms with van der Waals surface area (Å²) in [5, 5.41) is 0. The summed E-state index contributed by atoms with van der Waals surface area (Å²) in [7, 11) is 1.46. The molecule has 1 amide bonds. The molecular formula is C9H15F3N2O2S. The van der Waals surface area contributed by atoms with E-state index in [1.165, 1.54) is 11.9 Å². The van der Waals surface area contributed by atoms with Gasteiger partial charge in [0.25, 0.3) is 0 Å². The smallest absolute Gasteiger partial charge is 0.393 e. The number of amides is 1. The maximum absolute atomic E-state index is 11.8. The Morgan fingerprint density at radius 2 is 2.06 bits per heavy atom. The Bertz CT molecular complexity index is 284. The standard InChI is InChI=1S/C9H15F3N2O2S/c1-6(3-7(13)17)14(2)8(15)4-16-5-9(10,11)12/h6H,3-5H2,1-2H3,(H2,13,17). The lowest BCUT2D eigenvalue weighted by molar-refractivity contribution is -0.177. The molecule has 2 N–H and O–H groups in total. The minimum Gasteiger partial charge on any atom is -0.393 e. The van der Waals surface area contributed by atoms with Crippen LogP contribution < -0.4 is 5.73 Å². The van der Waals surface area contributed by atoms with Crippen molar-refractivity contribution in [1.29, 1.82) is 0 Å². The van der Waals surface area contributed by atoms with Gasteiger partial charge in [0.15, 0.2) is 0 Å². The van der Waals surface area contributed by atoms with Gasteiger partial charge in [-0.3, -0.25) is 4.79 Å². The van der Waals surface area contributed by atoms with Crippen molar-refractivity contribution in [2.75, 3.05) is 20.3 Å². The zero-order valence-corrected chi connectivity index (χ0v) is 10.4. The molecule has 1 atom stereocenters. The maximum Gasteiger partial charge on any atom is 0.411 e. The van der Waals surface area contributed by atoms with E-state index in [9.17, 15) is 18.0 Å². The molecule has 0 rings (SSSR count). The summed E-state index contributed by atoms with van der Waals surface area (Å²) in [5.74, 6) is -0.544. The van der Waals surface area contributed by atoms with Crippen molar-refractivity contribution in [3.8, 4) is 0 Å². The number of carbonyl (C=O) groups excluding carboxylic acids is 1. The molecule has 0 bridgehead atoms. The van der Waals surface area contributed by atoms with E-state index in [1.54, 1.807) is 6.92 Å². The van der Waals surface area contributed by atoms with Crippen LogP contribution in [0.25, 0.3) is 0 Å². The predicted molar refractivity (Wildman–Crippen MR) is 60.5 cm³/mol. The highest BCUT2D eigenvalue weighted by Crippen LogP contribution is 2.14. The average molecular weight is 272 g/mol. The van der Waals surface area contributed by atoms with Gasteiger partial charge in [-0.05, 0) is 6.92 Å². The van der Waals surface area contributed by atoms with Crippen molar-refractivity contribution in [1.82, 2.24) is 4.90 Å². The number of nitrogens with two attached hydrogens (primary N) is 1. The number of alkyl halides is 3. The lowest BCUT2D eigenvalue weighted by Gasteiger charge is -2.24. The molecule has 4 nitrogen and oxygen atoms in total. The third kappa shape index (κ3) is 7.92. The van der Waals surface area contributed by atoms with E-state index in [2.05, 4.69) is 17.0 Å². The van der Waals surface area contributed by atoms with Crippen LogP contribution in [0.2, 0.25) is 0 Å². The molecule has 1 unspecified atom stereocenters. The van der Waals surface area contributed by atoms with Crippen LogP contribution in [0.5, 0.6) is 0 Å². The summed E-state index contributed by atoms with van der Waals surface area (Å²) in [6.45, 7) is -0.352. The zero-order valence-electron chi connectivity index (χ0n) is 9.58. The lowest BCUT2D eigenvalue weighted by Crippen LogP contribution is -2.39. The SMILES string of the molecule is CC(CC(N)=S)N(C)C(=O)COCC(F)(F)F. The van der Waals surface area contributed by atoms with Gasteiger partial charge in [-0.2, -0.15) is 13.2 Å². The molecule has 0 aromatic carbocycles. The first kappa shape index (κ1) is 16.1. The van der Waals surface area contributed by atoms with E-state index in [4.69, 9.17) is 5.73 Å². The number of ether oxygens (including phenoxy) is 1. The molecule has 0 aliphatic rings. The first-order valence-corrected chi connectivity index (χ1v) is 5.22. The van der Waals surface area contributed by atoms with Crippen molar-refractivity contribution in [2.45, 2.75) is 25.6 Å². The topological polar surface area (TPSA) is 55.6 Å². The van der Waals surface area contributed by atoms with Crippen LogP contribution in [0, 0.1) is 0 Å². The van der Waals surface area contributed by atoms with Gasteiger partial charge >= 0.3 is 6.18 Å². The summed E-state index contributed by atoms with van der Waals surface area (Å²) in [6.07, 6.45) is -4.11. The molecular weight excluding hydrogens is 257 g/mol. The van der Waals surface area contributed by atoms with Crippen LogP contribution in [0.1, 0.15) is 13.3 Å². The number of nitrogens with zero attached hydrogens (tertiary/aromatic N) is 1. The number of carbonyl (C=O) groups is 1. The lowest BCUT2D eigenvalue weighted by atomic mass is 10.2. The molecule has 0 saturated carbocycles. The molecule has 0 aliphatic heterocycles. The van der Waals surface area contributed by atoms with Crippen molar-refractivity contribution in [3.63, 3.8) is 0 Å². The second kappa shape index (κ2) is 6.75. The van der Waals surface area contributed by atoms with Gasteiger partial charge in [0.05, 0.1) is 4.99 Å². The van der Waals surface area contributed by atoms with Crippen LogP contribution in [0.4, 0.5) is 13.2 Å². The molecule has 100 valence electrons. The number of rotatable bonds is 6. The molecule has 17 heavy (non-hydrogen) atoms. The highest BCUT2D eigenvalue weighted by atomic mass is 32.1. The fraction of sp³-hybridized carbons (Fsp3) is 0.778. The summed E-state index contributed by atoms with van der Waals surface area (Å²) >= 11 is 4.67. The number of thiocarbonyl (C=S) groups is 1. The fourth-order valence-corrected chi connectivity index (χ4v) is 1.27. The molecule has 0 saturated heterocycles. The predicted octanol–water partition coefficient (Wildman–Crippen LogP) is 1.09. The molecule has 0 radical (unpaired) electrons. The van der Waals surface area contributed by atoms with Gasteiger partial charge in [-0.15, -0.1) is 0 Å². The van der Waals surface area contributed by atoms with Crippen LogP contribution in [0.3, 0.4) is 0 Å². The Labute approximate surface area is 103 Å². The van der Waals surface area contributed by atoms with Crippen molar-refractivity contribution < 1.29 is 22.7 Å². The second-order valence-corrected chi connectivity index (χ2v) is 4.16. The van der Waals surface area contributed by atoms with E-state index < -0.39 is 25.3 Å². The first-order valence-electron chi connectivity index (χ1n) is 4.82. The number of hydrogen-bond acceptors (Lipinski definition) is 3. The van der Waals surface area contributed by atoms with Crippen LogP contribution in [-0.4, -0.2) is 48.3 Å². The zero-order chi connectivity index (χ0) is 13.6. The van der Waals surface area contributed by atoms with Gasteiger partial charge in [0.2, 0.25) is 5.91 Å². The van der Waals surface area contributed by atoms with Crippen molar-refractivity contribution in [2.24, 2.45) is 5.73 Å². The molecule has 0 spiro atoms. The van der Waals surface area contributed by atoms with Gasteiger partial charge in [-0.25, -0.2) is 0 Å². The Morgan fingerprint density at radius 3 is 2.47 bits per heavy atom. The average Bonchev–Trinajstić information content (AvgIpc) is 2.13. The summed E-state index contributed by atoms with van der Waals surface area (Å²) in [6, 6.07) is -0.269. The van der Waals surface area contributed by atoms with E-state index in [0.717, 1.165) is 0 Å². The van der Waals surface area contributed by atoms with Gasteiger partial charge in [-0.1, -0.05) is 12.2 Å². The summed E-state index contributed by atoms with van der Waals surface area (Å²) in [4.78, 5) is 12.9. The Kier molecular flexibility index (Phi) is 6.40. The number of hydrogen-bond donors (Lipinski definition) is 1. The molecule has 0 aromatic rings. The molecule has 0 aromatic heterocycles. The Morgan fingerprint density at radius 1 is 1.53 bits per heavy atom. The van der Waals surface area contributed by atoms with Gasteiger partial charge in [0, 0.05) is 19.5 Å². The van der Waals surface area contributed by atoms with Gasteiger partial charge in [0.1, 0.15) is 13.2 Å². The normalized spacial score (nSPS) is 13.2. The quantitative estimate of drug-likeness (QED) is 0.735. The Balaban J connectivity index is 4.01. The van der Waals surface area contributed by atoms with Crippen molar-refractivity contribution in [3.05, 3.63) is 0 Å². The third-order valence-corrected chi connectivity index (χ3v) is 2.21. The minimum atomic E-state index is -4.43. The molecule has 8 heteroatoms. The molecule has 0 aliphatic carbocycles. The summed E-state index contributed by atoms with van der Waals surface area (Å²) < 4.78 is 39.5. The fourth-order valence-electron chi connectivity index (χ4n) is 1.03. The highest BCUT2D eigenvalue weighted by Gasteiger charge is 2.28. The Hall–Kier alpha value is -0.890. The minimum absolute atomic E-state index is 0.244. The van der Waals surface area contributed by atoms with E-state index >= 15 is 0 Å². The first-order chi connectivity index (χ1) is 7.63. The van der Waals surface area contributed by atoms with Crippen LogP contribution in [0.15, 0.2) is 0 Å². The number of likely N-dealkylation sites (N-methyl/N-ethyl adjacent to an activating group) is 1.